The van der Waals surface area contributed by atoms with Gasteiger partial charge >= 0.3 is 0 Å². The van der Waals surface area contributed by atoms with E-state index in [-0.39, 0.29) is 16.3 Å². The minimum Gasteiger partial charge on any atom is -0.494 e. The van der Waals surface area contributed by atoms with Gasteiger partial charge < -0.3 is 10.1 Å². The van der Waals surface area contributed by atoms with Gasteiger partial charge in [0.1, 0.15) is 4.90 Å². The summed E-state index contributed by atoms with van der Waals surface area (Å²) in [5.74, 6) is -0.590. The van der Waals surface area contributed by atoms with Gasteiger partial charge in [-0.2, -0.15) is 0 Å². The Hall–Kier alpha value is -2.28. The van der Waals surface area contributed by atoms with Gasteiger partial charge in [0, 0.05) is 13.1 Å². The van der Waals surface area contributed by atoms with Crippen LogP contribution in [-0.2, 0) is 10.0 Å². The summed E-state index contributed by atoms with van der Waals surface area (Å²) in [4.78, 5) is 0.0868. The van der Waals surface area contributed by atoms with Crippen molar-refractivity contribution in [2.24, 2.45) is 0 Å². The van der Waals surface area contributed by atoms with E-state index in [0.717, 1.165) is 6.07 Å². The number of benzene rings is 2. The molecule has 7 heteroatoms. The average molecular weight is 310 g/mol. The van der Waals surface area contributed by atoms with Crippen LogP contribution in [0.4, 0.5) is 15.8 Å². The van der Waals surface area contributed by atoms with Gasteiger partial charge in [0.05, 0.1) is 18.5 Å². The molecule has 2 N–H and O–H groups in total. The monoisotopic (exact) mass is 310 g/mol. The second-order valence-corrected chi connectivity index (χ2v) is 5.85. The highest BCUT2D eigenvalue weighted by atomic mass is 32.2. The lowest BCUT2D eigenvalue weighted by Gasteiger charge is -2.12. The van der Waals surface area contributed by atoms with Crippen molar-refractivity contribution >= 4 is 21.4 Å². The molecule has 0 spiro atoms. The van der Waals surface area contributed by atoms with Crippen molar-refractivity contribution in [3.8, 4) is 5.75 Å². The summed E-state index contributed by atoms with van der Waals surface area (Å²) in [6, 6.07) is 10.3. The maximum absolute atomic E-state index is 13.6. The fourth-order valence-corrected chi connectivity index (χ4v) is 3.11. The summed E-state index contributed by atoms with van der Waals surface area (Å²) in [5.41, 5.74) is 0.582. The predicted molar refractivity (Wildman–Crippen MR) is 79.7 cm³/mol. The van der Waals surface area contributed by atoms with E-state index >= 15 is 0 Å². The second-order valence-electron chi connectivity index (χ2n) is 4.20. The molecule has 0 saturated carbocycles. The molecular formula is C14H15FN2O3S. The zero-order chi connectivity index (χ0) is 15.5. The molecule has 0 aliphatic carbocycles. The first-order chi connectivity index (χ1) is 9.97. The molecule has 0 fully saturated rings. The number of para-hydroxylation sites is 1. The van der Waals surface area contributed by atoms with Crippen LogP contribution in [0.25, 0.3) is 0 Å². The van der Waals surface area contributed by atoms with Crippen LogP contribution in [-0.4, -0.2) is 22.6 Å². The van der Waals surface area contributed by atoms with Crippen LogP contribution in [0.5, 0.6) is 5.75 Å². The minimum absolute atomic E-state index is 0.0496. The fourth-order valence-electron chi connectivity index (χ4n) is 1.85. The highest BCUT2D eigenvalue weighted by molar-refractivity contribution is 7.92. The number of rotatable bonds is 5. The number of hydrogen-bond donors (Lipinski definition) is 2. The highest BCUT2D eigenvalue weighted by Gasteiger charge is 2.18. The van der Waals surface area contributed by atoms with Crippen LogP contribution in [0.15, 0.2) is 47.4 Å². The van der Waals surface area contributed by atoms with Crippen molar-refractivity contribution in [2.45, 2.75) is 4.90 Å². The van der Waals surface area contributed by atoms with Crippen molar-refractivity contribution in [3.05, 3.63) is 48.3 Å². The topological polar surface area (TPSA) is 67.4 Å². The molecule has 0 atom stereocenters. The van der Waals surface area contributed by atoms with Crippen molar-refractivity contribution < 1.29 is 17.5 Å². The first kappa shape index (κ1) is 15.1. The Balaban J connectivity index is 2.35. The van der Waals surface area contributed by atoms with Gasteiger partial charge in [-0.25, -0.2) is 12.8 Å². The lowest BCUT2D eigenvalue weighted by Crippen LogP contribution is -2.14. The highest BCUT2D eigenvalue weighted by Crippen LogP contribution is 2.25. The van der Waals surface area contributed by atoms with E-state index < -0.39 is 15.8 Å². The molecule has 0 aromatic heterocycles. The van der Waals surface area contributed by atoms with E-state index in [0.29, 0.717) is 5.69 Å². The van der Waals surface area contributed by atoms with Crippen LogP contribution in [0.1, 0.15) is 0 Å². The minimum atomic E-state index is -3.81. The number of methoxy groups -OCH3 is 1. The molecule has 112 valence electrons. The summed E-state index contributed by atoms with van der Waals surface area (Å²) >= 11 is 0. The third-order valence-electron chi connectivity index (χ3n) is 2.85. The van der Waals surface area contributed by atoms with Crippen molar-refractivity contribution in [3.63, 3.8) is 0 Å². The first-order valence-corrected chi connectivity index (χ1v) is 7.59. The van der Waals surface area contributed by atoms with E-state index in [9.17, 15) is 12.8 Å². The summed E-state index contributed by atoms with van der Waals surface area (Å²) in [7, 11) is -0.847. The van der Waals surface area contributed by atoms with E-state index in [1.165, 1.54) is 25.3 Å². The smallest absolute Gasteiger partial charge is 0.263 e. The van der Waals surface area contributed by atoms with E-state index in [2.05, 4.69) is 10.0 Å². The van der Waals surface area contributed by atoms with Crippen molar-refractivity contribution in [1.29, 1.82) is 0 Å². The lowest BCUT2D eigenvalue weighted by molar-refractivity contribution is 0.386. The number of ether oxygens (including phenoxy) is 1. The summed E-state index contributed by atoms with van der Waals surface area (Å²) in [6.07, 6.45) is 0. The van der Waals surface area contributed by atoms with E-state index in [4.69, 9.17) is 4.74 Å². The number of hydrogen-bond acceptors (Lipinski definition) is 4. The van der Waals surface area contributed by atoms with Crippen LogP contribution in [0.2, 0.25) is 0 Å². The van der Waals surface area contributed by atoms with Gasteiger partial charge in [-0.05, 0) is 24.3 Å². The van der Waals surface area contributed by atoms with Gasteiger partial charge in [0.15, 0.2) is 11.6 Å². The third-order valence-corrected chi connectivity index (χ3v) is 4.29. The summed E-state index contributed by atoms with van der Waals surface area (Å²) < 4.78 is 45.4. The Morgan fingerprint density at radius 1 is 1.14 bits per heavy atom. The van der Waals surface area contributed by atoms with E-state index in [1.807, 2.05) is 0 Å². The maximum atomic E-state index is 13.6. The predicted octanol–water partition coefficient (Wildman–Crippen LogP) is 2.68. The average Bonchev–Trinajstić information content (AvgIpc) is 2.47. The van der Waals surface area contributed by atoms with Gasteiger partial charge in [0.25, 0.3) is 10.0 Å². The lowest BCUT2D eigenvalue weighted by atomic mass is 10.3. The zero-order valence-electron chi connectivity index (χ0n) is 11.6. The maximum Gasteiger partial charge on any atom is 0.263 e. The molecule has 5 nitrogen and oxygen atoms in total. The fraction of sp³-hybridized carbons (Fsp3) is 0.143. The molecule has 0 aliphatic heterocycles. The van der Waals surface area contributed by atoms with E-state index in [1.54, 1.807) is 25.2 Å². The molecule has 0 radical (unpaired) electrons. The normalized spacial score (nSPS) is 11.0. The Bertz CT molecular complexity index is 748. The number of halogens is 1. The Labute approximate surface area is 122 Å². The first-order valence-electron chi connectivity index (χ1n) is 6.11. The number of nitrogens with one attached hydrogen (secondary N) is 2. The van der Waals surface area contributed by atoms with Gasteiger partial charge in [-0.3, -0.25) is 4.72 Å². The molecule has 0 unspecified atom stereocenters. The molecule has 21 heavy (non-hydrogen) atoms. The Kier molecular flexibility index (Phi) is 4.32. The molecule has 2 rings (SSSR count). The largest absolute Gasteiger partial charge is 0.494 e. The number of sulfonamides is 1. The Morgan fingerprint density at radius 3 is 2.48 bits per heavy atom. The molecule has 0 amide bonds. The number of anilines is 2. The molecule has 2 aromatic carbocycles. The quantitative estimate of drug-likeness (QED) is 0.891. The molecule has 2 aromatic rings. The summed E-state index contributed by atoms with van der Waals surface area (Å²) in [6.45, 7) is 0. The van der Waals surface area contributed by atoms with Crippen LogP contribution >= 0.6 is 0 Å². The van der Waals surface area contributed by atoms with Crippen LogP contribution in [0, 0.1) is 5.82 Å². The Morgan fingerprint density at radius 2 is 1.86 bits per heavy atom. The summed E-state index contributed by atoms with van der Waals surface area (Å²) in [5, 5.41) is 2.80. The molecule has 0 bridgehead atoms. The van der Waals surface area contributed by atoms with Gasteiger partial charge in [0.2, 0.25) is 0 Å². The second kappa shape index (κ2) is 6.01. The third kappa shape index (κ3) is 3.25. The molecular weight excluding hydrogens is 295 g/mol. The zero-order valence-corrected chi connectivity index (χ0v) is 12.4. The molecule has 0 heterocycles. The molecule has 0 aliphatic rings. The van der Waals surface area contributed by atoms with Crippen LogP contribution < -0.4 is 14.8 Å². The van der Waals surface area contributed by atoms with Crippen LogP contribution in [0.3, 0.4) is 0 Å². The van der Waals surface area contributed by atoms with Crippen molar-refractivity contribution in [2.75, 3.05) is 24.2 Å². The van der Waals surface area contributed by atoms with Gasteiger partial charge in [-0.1, -0.05) is 12.1 Å². The SMILES string of the molecule is CNc1ccccc1S(=O)(=O)Nc1ccc(OC)c(F)c1. The van der Waals surface area contributed by atoms with Crippen molar-refractivity contribution in [1.82, 2.24) is 0 Å². The van der Waals surface area contributed by atoms with Gasteiger partial charge in [-0.15, -0.1) is 0 Å². The molecule has 0 saturated heterocycles. The standard InChI is InChI=1S/C14H15FN2O3S/c1-16-12-5-3-4-6-14(12)21(18,19)17-10-7-8-13(20-2)11(15)9-10/h3-9,16-17H,1-2H3.